The molecular weight excluding hydrogens is 481 g/mol. The first-order chi connectivity index (χ1) is 16.8. The predicted octanol–water partition coefficient (Wildman–Crippen LogP) is 6.09. The first kappa shape index (κ1) is 24.2. The second-order valence-corrected chi connectivity index (χ2v) is 7.91. The molecule has 0 fully saturated rings. The summed E-state index contributed by atoms with van der Waals surface area (Å²) in [5.41, 5.74) is 1.10. The lowest BCUT2D eigenvalue weighted by Crippen LogP contribution is -2.06. The number of nitrogens with zero attached hydrogens (tertiary/aromatic N) is 5. The van der Waals surface area contributed by atoms with Gasteiger partial charge in [-0.1, -0.05) is 35.0 Å². The molecule has 0 saturated carbocycles. The standard InChI is InChI=1S/C24H20ClF3N6O/c1-16-12-19(30-23(13-16)31-22-14-17(8-9-29-22)24(26,27)28)20-15-34(33-32-20)10-4-5-11-35-21-7-3-2-6-18(21)25/h2-9,12-15H,10-11H2,1H3,(H,29,30,31). The van der Waals surface area contributed by atoms with Gasteiger partial charge < -0.3 is 10.1 Å². The van der Waals surface area contributed by atoms with Gasteiger partial charge in [0.15, 0.2) is 0 Å². The minimum Gasteiger partial charge on any atom is -0.488 e. The highest BCUT2D eigenvalue weighted by molar-refractivity contribution is 6.32. The van der Waals surface area contributed by atoms with Crippen molar-refractivity contribution in [1.29, 1.82) is 0 Å². The molecule has 0 spiro atoms. The maximum absolute atomic E-state index is 13.0. The van der Waals surface area contributed by atoms with Crippen LogP contribution in [0.25, 0.3) is 11.4 Å². The van der Waals surface area contributed by atoms with Crippen molar-refractivity contribution in [3.63, 3.8) is 0 Å². The topological polar surface area (TPSA) is 77.8 Å². The second-order valence-electron chi connectivity index (χ2n) is 7.51. The lowest BCUT2D eigenvalue weighted by Gasteiger charge is -2.10. The van der Waals surface area contributed by atoms with Crippen molar-refractivity contribution in [3.05, 3.63) is 89.2 Å². The van der Waals surface area contributed by atoms with Gasteiger partial charge in [0.25, 0.3) is 0 Å². The molecule has 0 aliphatic rings. The number of hydrogen-bond acceptors (Lipinski definition) is 6. The summed E-state index contributed by atoms with van der Waals surface area (Å²) >= 11 is 6.06. The van der Waals surface area contributed by atoms with E-state index in [-0.39, 0.29) is 5.82 Å². The monoisotopic (exact) mass is 500 g/mol. The molecule has 11 heteroatoms. The Morgan fingerprint density at radius 2 is 1.89 bits per heavy atom. The molecule has 35 heavy (non-hydrogen) atoms. The van der Waals surface area contributed by atoms with Crippen LogP contribution in [0.1, 0.15) is 11.1 Å². The number of anilines is 2. The van der Waals surface area contributed by atoms with Gasteiger partial charge in [-0.25, -0.2) is 14.6 Å². The average Bonchev–Trinajstić information content (AvgIpc) is 3.28. The zero-order valence-electron chi connectivity index (χ0n) is 18.5. The first-order valence-electron chi connectivity index (χ1n) is 10.5. The molecule has 0 unspecified atom stereocenters. The fourth-order valence-electron chi connectivity index (χ4n) is 3.12. The Morgan fingerprint density at radius 1 is 1.06 bits per heavy atom. The minimum atomic E-state index is -4.46. The molecule has 1 N–H and O–H groups in total. The first-order valence-corrected chi connectivity index (χ1v) is 10.9. The predicted molar refractivity (Wildman–Crippen MR) is 127 cm³/mol. The number of allylic oxidation sites excluding steroid dienone is 1. The highest BCUT2D eigenvalue weighted by Gasteiger charge is 2.30. The Bertz CT molecular complexity index is 1340. The van der Waals surface area contributed by atoms with Crippen molar-refractivity contribution in [2.24, 2.45) is 0 Å². The third-order valence-electron chi connectivity index (χ3n) is 4.75. The van der Waals surface area contributed by atoms with Gasteiger partial charge in [0.05, 0.1) is 29.0 Å². The van der Waals surface area contributed by atoms with Crippen molar-refractivity contribution in [2.45, 2.75) is 19.6 Å². The number of halogens is 4. The fraction of sp³-hybridized carbons (Fsp3) is 0.167. The fourth-order valence-corrected chi connectivity index (χ4v) is 3.31. The average molecular weight is 501 g/mol. The quantitative estimate of drug-likeness (QED) is 0.295. The number of hydrogen-bond donors (Lipinski definition) is 1. The normalized spacial score (nSPS) is 11.7. The molecule has 180 valence electrons. The zero-order valence-corrected chi connectivity index (χ0v) is 19.3. The summed E-state index contributed by atoms with van der Waals surface area (Å²) in [7, 11) is 0. The summed E-state index contributed by atoms with van der Waals surface area (Å²) in [4.78, 5) is 8.41. The van der Waals surface area contributed by atoms with E-state index >= 15 is 0 Å². The second kappa shape index (κ2) is 10.6. The zero-order chi connectivity index (χ0) is 24.8. The van der Waals surface area contributed by atoms with Crippen molar-refractivity contribution >= 4 is 23.2 Å². The lowest BCUT2D eigenvalue weighted by atomic mass is 10.2. The summed E-state index contributed by atoms with van der Waals surface area (Å²) in [6.07, 6.45) is 2.09. The number of aryl methyl sites for hydroxylation is 1. The van der Waals surface area contributed by atoms with E-state index in [1.807, 2.05) is 37.3 Å². The molecule has 0 amide bonds. The largest absolute Gasteiger partial charge is 0.488 e. The van der Waals surface area contributed by atoms with Crippen LogP contribution in [0, 0.1) is 6.92 Å². The smallest absolute Gasteiger partial charge is 0.416 e. The highest BCUT2D eigenvalue weighted by Crippen LogP contribution is 2.30. The lowest BCUT2D eigenvalue weighted by molar-refractivity contribution is -0.137. The van der Waals surface area contributed by atoms with Crippen LogP contribution in [0.15, 0.2) is 73.1 Å². The molecule has 1 aromatic carbocycles. The molecule has 0 aliphatic heterocycles. The molecule has 4 aromatic rings. The van der Waals surface area contributed by atoms with E-state index in [1.165, 1.54) is 0 Å². The highest BCUT2D eigenvalue weighted by atomic mass is 35.5. The number of benzene rings is 1. The third-order valence-corrected chi connectivity index (χ3v) is 5.06. The number of alkyl halides is 3. The number of para-hydroxylation sites is 1. The van der Waals surface area contributed by atoms with Crippen LogP contribution >= 0.6 is 11.6 Å². The van der Waals surface area contributed by atoms with Crippen LogP contribution in [0.3, 0.4) is 0 Å². The van der Waals surface area contributed by atoms with Crippen LogP contribution in [0.2, 0.25) is 5.02 Å². The van der Waals surface area contributed by atoms with Crippen LogP contribution in [-0.4, -0.2) is 31.6 Å². The van der Waals surface area contributed by atoms with E-state index in [0.717, 1.165) is 23.9 Å². The maximum atomic E-state index is 13.0. The molecule has 3 heterocycles. The minimum absolute atomic E-state index is 0.0386. The van der Waals surface area contributed by atoms with Gasteiger partial charge in [0.1, 0.15) is 29.7 Å². The number of aromatic nitrogens is 5. The molecular formula is C24H20ClF3N6O. The summed E-state index contributed by atoms with van der Waals surface area (Å²) in [5.74, 6) is 0.992. The Hall–Kier alpha value is -3.92. The van der Waals surface area contributed by atoms with Crippen LogP contribution < -0.4 is 10.1 Å². The number of pyridine rings is 2. The van der Waals surface area contributed by atoms with E-state index in [0.29, 0.717) is 41.1 Å². The molecule has 0 bridgehead atoms. The molecule has 7 nitrogen and oxygen atoms in total. The van der Waals surface area contributed by atoms with Crippen molar-refractivity contribution in [3.8, 4) is 17.1 Å². The van der Waals surface area contributed by atoms with Crippen molar-refractivity contribution in [2.75, 3.05) is 11.9 Å². The van der Waals surface area contributed by atoms with Crippen molar-refractivity contribution in [1.82, 2.24) is 25.0 Å². The Morgan fingerprint density at radius 3 is 2.69 bits per heavy atom. The maximum Gasteiger partial charge on any atom is 0.416 e. The van der Waals surface area contributed by atoms with Crippen LogP contribution in [-0.2, 0) is 12.7 Å². The third kappa shape index (κ3) is 6.57. The van der Waals surface area contributed by atoms with E-state index in [9.17, 15) is 13.2 Å². The number of nitrogens with one attached hydrogen (secondary N) is 1. The van der Waals surface area contributed by atoms with E-state index in [1.54, 1.807) is 29.1 Å². The van der Waals surface area contributed by atoms with Gasteiger partial charge >= 0.3 is 6.18 Å². The van der Waals surface area contributed by atoms with E-state index in [4.69, 9.17) is 16.3 Å². The molecule has 0 saturated heterocycles. The SMILES string of the molecule is Cc1cc(Nc2cc(C(F)(F)F)ccn2)nc(-c2cn(CC=CCOc3ccccc3Cl)nn2)c1. The Labute approximate surface area is 204 Å². The van der Waals surface area contributed by atoms with Gasteiger partial charge in [0, 0.05) is 6.20 Å². The Kier molecular flexibility index (Phi) is 7.31. The van der Waals surface area contributed by atoms with Crippen LogP contribution in [0.5, 0.6) is 5.75 Å². The molecule has 0 radical (unpaired) electrons. The number of ether oxygens (including phenoxy) is 1. The van der Waals surface area contributed by atoms with Gasteiger partial charge in [-0.3, -0.25) is 0 Å². The summed E-state index contributed by atoms with van der Waals surface area (Å²) in [6.45, 7) is 2.66. The van der Waals surface area contributed by atoms with Crippen molar-refractivity contribution < 1.29 is 17.9 Å². The molecule has 0 aliphatic carbocycles. The summed E-state index contributed by atoms with van der Waals surface area (Å²) < 4.78 is 46.2. The van der Waals surface area contributed by atoms with E-state index < -0.39 is 11.7 Å². The van der Waals surface area contributed by atoms with Gasteiger partial charge in [-0.15, -0.1) is 5.10 Å². The Balaban J connectivity index is 1.40. The molecule has 3 aromatic heterocycles. The van der Waals surface area contributed by atoms with E-state index in [2.05, 4.69) is 25.6 Å². The molecule has 0 atom stereocenters. The van der Waals surface area contributed by atoms with Gasteiger partial charge in [-0.2, -0.15) is 13.2 Å². The van der Waals surface area contributed by atoms with Gasteiger partial charge in [0.2, 0.25) is 0 Å². The van der Waals surface area contributed by atoms with Crippen LogP contribution in [0.4, 0.5) is 24.8 Å². The summed E-state index contributed by atoms with van der Waals surface area (Å²) in [6, 6.07) is 12.6. The molecule has 4 rings (SSSR count). The van der Waals surface area contributed by atoms with Gasteiger partial charge in [-0.05, 0) is 55.0 Å². The summed E-state index contributed by atoms with van der Waals surface area (Å²) in [5, 5.41) is 11.6. The number of rotatable bonds is 8.